The Balaban J connectivity index is 2.82. The molecule has 1 nitrogen and oxygen atoms in total. The Bertz CT molecular complexity index is 393. The van der Waals surface area contributed by atoms with Crippen molar-refractivity contribution >= 4 is 31.9 Å². The normalized spacial score (nSPS) is 13.4. The van der Waals surface area contributed by atoms with Gasteiger partial charge in [-0.15, -0.1) is 0 Å². The molecule has 0 fully saturated rings. The van der Waals surface area contributed by atoms with Crippen molar-refractivity contribution in [2.45, 2.75) is 30.8 Å². The number of benzene rings is 1. The fourth-order valence-corrected chi connectivity index (χ4v) is 2.46. The molecule has 0 aliphatic carbocycles. The molecule has 1 aromatic rings. The van der Waals surface area contributed by atoms with Crippen molar-refractivity contribution in [3.8, 4) is 5.75 Å². The molecule has 1 rings (SSSR count). The van der Waals surface area contributed by atoms with Gasteiger partial charge in [-0.1, -0.05) is 31.9 Å². The van der Waals surface area contributed by atoms with Crippen LogP contribution < -0.4 is 4.74 Å². The highest BCUT2D eigenvalue weighted by Crippen LogP contribution is 2.38. The van der Waals surface area contributed by atoms with Crippen LogP contribution in [0.1, 0.15) is 30.2 Å². The highest BCUT2D eigenvalue weighted by Gasteiger charge is 2.28. The third-order valence-electron chi connectivity index (χ3n) is 2.29. The van der Waals surface area contributed by atoms with Crippen LogP contribution in [0.15, 0.2) is 22.7 Å². The number of halogens is 5. The molecule has 0 aliphatic heterocycles. The fourth-order valence-electron chi connectivity index (χ4n) is 1.50. The van der Waals surface area contributed by atoms with Crippen LogP contribution in [0, 0.1) is 0 Å². The van der Waals surface area contributed by atoms with Gasteiger partial charge in [0.05, 0.1) is 6.61 Å². The molecule has 0 bridgehead atoms. The summed E-state index contributed by atoms with van der Waals surface area (Å²) in [5.74, 6) is 0.616. The van der Waals surface area contributed by atoms with Crippen LogP contribution in [0.25, 0.3) is 0 Å². The van der Waals surface area contributed by atoms with Crippen molar-refractivity contribution in [1.29, 1.82) is 0 Å². The van der Waals surface area contributed by atoms with Gasteiger partial charge in [0.1, 0.15) is 5.75 Å². The summed E-state index contributed by atoms with van der Waals surface area (Å²) in [5.41, 5.74) is 0.732. The molecule has 0 radical (unpaired) electrons. The predicted molar refractivity (Wildman–Crippen MR) is 72.3 cm³/mol. The summed E-state index contributed by atoms with van der Waals surface area (Å²) >= 11 is 6.60. The molecule has 18 heavy (non-hydrogen) atoms. The highest BCUT2D eigenvalue weighted by molar-refractivity contribution is 9.10. The average Bonchev–Trinajstić information content (AvgIpc) is 2.27. The molecule has 0 saturated carbocycles. The van der Waals surface area contributed by atoms with Crippen LogP contribution in [0.4, 0.5) is 13.2 Å². The van der Waals surface area contributed by atoms with E-state index in [1.165, 1.54) is 0 Å². The van der Waals surface area contributed by atoms with Crippen LogP contribution in [0.5, 0.6) is 5.75 Å². The van der Waals surface area contributed by atoms with E-state index in [9.17, 15) is 13.2 Å². The summed E-state index contributed by atoms with van der Waals surface area (Å²) in [6, 6.07) is 5.34. The Labute approximate surface area is 121 Å². The maximum atomic E-state index is 12.2. The van der Waals surface area contributed by atoms with Crippen LogP contribution in [-0.2, 0) is 0 Å². The summed E-state index contributed by atoms with van der Waals surface area (Å²) in [4.78, 5) is -0.377. The Kier molecular flexibility index (Phi) is 5.98. The molecule has 0 amide bonds. The largest absolute Gasteiger partial charge is 0.494 e. The summed E-state index contributed by atoms with van der Waals surface area (Å²) < 4.78 is 42.8. The number of hydrogen-bond acceptors (Lipinski definition) is 1. The van der Waals surface area contributed by atoms with Crippen molar-refractivity contribution in [1.82, 2.24) is 0 Å². The second-order valence-corrected chi connectivity index (χ2v) is 5.76. The average molecular weight is 390 g/mol. The van der Waals surface area contributed by atoms with E-state index < -0.39 is 12.6 Å². The summed E-state index contributed by atoms with van der Waals surface area (Å²) in [6.07, 6.45) is -4.97. The molecule has 6 heteroatoms. The van der Waals surface area contributed by atoms with Gasteiger partial charge < -0.3 is 4.74 Å². The zero-order valence-corrected chi connectivity index (χ0v) is 12.9. The first kappa shape index (κ1) is 15.8. The van der Waals surface area contributed by atoms with E-state index in [1.54, 1.807) is 18.2 Å². The summed E-state index contributed by atoms with van der Waals surface area (Å²) in [6.45, 7) is 2.32. The van der Waals surface area contributed by atoms with E-state index >= 15 is 0 Å². The lowest BCUT2D eigenvalue weighted by Gasteiger charge is -2.16. The summed E-state index contributed by atoms with van der Waals surface area (Å²) in [7, 11) is 0. The zero-order chi connectivity index (χ0) is 13.8. The van der Waals surface area contributed by atoms with Crippen LogP contribution in [0.3, 0.4) is 0 Å². The van der Waals surface area contributed by atoms with Gasteiger partial charge in [-0.05, 0) is 31.5 Å². The van der Waals surface area contributed by atoms with E-state index in [-0.39, 0.29) is 11.2 Å². The standard InChI is InChI=1S/C12H13Br2F3O/c1-2-18-11-4-3-8(13)7-9(11)10(14)5-6-12(15,16)17/h3-4,7,10H,2,5-6H2,1H3. The topological polar surface area (TPSA) is 9.23 Å². The van der Waals surface area contributed by atoms with Crippen molar-refractivity contribution in [2.75, 3.05) is 6.61 Å². The van der Waals surface area contributed by atoms with E-state index in [2.05, 4.69) is 31.9 Å². The molecule has 0 heterocycles. The van der Waals surface area contributed by atoms with Gasteiger partial charge in [0, 0.05) is 21.3 Å². The SMILES string of the molecule is CCOc1ccc(Br)cc1C(Br)CCC(F)(F)F. The molecule has 1 aromatic carbocycles. The monoisotopic (exact) mass is 388 g/mol. The molecule has 0 N–H and O–H groups in total. The van der Waals surface area contributed by atoms with Crippen LogP contribution >= 0.6 is 31.9 Å². The van der Waals surface area contributed by atoms with E-state index in [0.29, 0.717) is 12.4 Å². The van der Waals surface area contributed by atoms with Crippen LogP contribution in [-0.4, -0.2) is 12.8 Å². The maximum Gasteiger partial charge on any atom is 0.389 e. The number of alkyl halides is 4. The molecular weight excluding hydrogens is 377 g/mol. The van der Waals surface area contributed by atoms with Gasteiger partial charge in [0.15, 0.2) is 0 Å². The third kappa shape index (κ3) is 5.18. The minimum Gasteiger partial charge on any atom is -0.494 e. The Morgan fingerprint density at radius 2 is 2.00 bits per heavy atom. The van der Waals surface area contributed by atoms with Crippen molar-refractivity contribution in [2.24, 2.45) is 0 Å². The summed E-state index contributed by atoms with van der Waals surface area (Å²) in [5, 5.41) is 0. The number of ether oxygens (including phenoxy) is 1. The van der Waals surface area contributed by atoms with Crippen molar-refractivity contribution in [3.05, 3.63) is 28.2 Å². The molecular formula is C12H13Br2F3O. The quantitative estimate of drug-likeness (QED) is 0.593. The second-order valence-electron chi connectivity index (χ2n) is 3.74. The highest BCUT2D eigenvalue weighted by atomic mass is 79.9. The van der Waals surface area contributed by atoms with E-state index in [4.69, 9.17) is 4.74 Å². The first-order valence-electron chi connectivity index (χ1n) is 5.46. The maximum absolute atomic E-state index is 12.2. The minimum atomic E-state index is -4.14. The first-order chi connectivity index (χ1) is 8.33. The number of hydrogen-bond donors (Lipinski definition) is 0. The van der Waals surface area contributed by atoms with Gasteiger partial charge in [-0.2, -0.15) is 13.2 Å². The molecule has 0 spiro atoms. The lowest BCUT2D eigenvalue weighted by Crippen LogP contribution is -2.08. The van der Waals surface area contributed by atoms with Gasteiger partial charge in [0.2, 0.25) is 0 Å². The van der Waals surface area contributed by atoms with E-state index in [1.807, 2.05) is 6.92 Å². The molecule has 0 aromatic heterocycles. The molecule has 1 atom stereocenters. The molecule has 0 aliphatic rings. The lowest BCUT2D eigenvalue weighted by molar-refractivity contribution is -0.135. The third-order valence-corrected chi connectivity index (χ3v) is 3.73. The lowest BCUT2D eigenvalue weighted by atomic mass is 10.1. The molecule has 1 unspecified atom stereocenters. The predicted octanol–water partition coefficient (Wildman–Crippen LogP) is 5.63. The van der Waals surface area contributed by atoms with Crippen molar-refractivity contribution < 1.29 is 17.9 Å². The number of rotatable bonds is 5. The van der Waals surface area contributed by atoms with Gasteiger partial charge in [-0.3, -0.25) is 0 Å². The molecule has 102 valence electrons. The van der Waals surface area contributed by atoms with Gasteiger partial charge >= 0.3 is 6.18 Å². The Morgan fingerprint density at radius 3 is 2.56 bits per heavy atom. The zero-order valence-electron chi connectivity index (χ0n) is 9.73. The first-order valence-corrected chi connectivity index (χ1v) is 7.17. The van der Waals surface area contributed by atoms with Crippen LogP contribution in [0.2, 0.25) is 0 Å². The minimum absolute atomic E-state index is 0.0139. The molecule has 0 saturated heterocycles. The Morgan fingerprint density at radius 1 is 1.33 bits per heavy atom. The Hall–Kier alpha value is -0.230. The smallest absolute Gasteiger partial charge is 0.389 e. The van der Waals surface area contributed by atoms with E-state index in [0.717, 1.165) is 10.0 Å². The fraction of sp³-hybridized carbons (Fsp3) is 0.500. The van der Waals surface area contributed by atoms with Crippen molar-refractivity contribution in [3.63, 3.8) is 0 Å². The van der Waals surface area contributed by atoms with Gasteiger partial charge in [0.25, 0.3) is 0 Å². The second kappa shape index (κ2) is 6.80. The van der Waals surface area contributed by atoms with Gasteiger partial charge in [-0.25, -0.2) is 0 Å².